The molecule has 1 heterocycles. The van der Waals surface area contributed by atoms with Gasteiger partial charge >= 0.3 is 0 Å². The first kappa shape index (κ1) is 13.4. The summed E-state index contributed by atoms with van der Waals surface area (Å²) in [6.45, 7) is 6.76. The lowest BCUT2D eigenvalue weighted by atomic mass is 10.1. The van der Waals surface area contributed by atoms with Crippen LogP contribution in [-0.4, -0.2) is 38.1 Å². The molecule has 0 bridgehead atoms. The van der Waals surface area contributed by atoms with Crippen LogP contribution in [0.5, 0.6) is 0 Å². The molecular formula is C15H25N3. The van der Waals surface area contributed by atoms with Gasteiger partial charge in [-0.3, -0.25) is 0 Å². The third-order valence-corrected chi connectivity index (χ3v) is 3.85. The Morgan fingerprint density at radius 3 is 2.50 bits per heavy atom. The van der Waals surface area contributed by atoms with Crippen LogP contribution in [-0.2, 0) is 0 Å². The maximum Gasteiger partial charge on any atom is 0.0366 e. The van der Waals surface area contributed by atoms with Crippen LogP contribution in [0.3, 0.4) is 0 Å². The van der Waals surface area contributed by atoms with Crippen molar-refractivity contribution in [3.63, 3.8) is 0 Å². The topological polar surface area (TPSA) is 32.5 Å². The van der Waals surface area contributed by atoms with Crippen molar-refractivity contribution < 1.29 is 0 Å². The molecule has 3 heteroatoms. The number of rotatable bonds is 3. The van der Waals surface area contributed by atoms with E-state index in [1.165, 1.54) is 24.2 Å². The molecule has 0 spiro atoms. The Hall–Kier alpha value is -1.06. The van der Waals surface area contributed by atoms with Gasteiger partial charge in [-0.2, -0.15) is 0 Å². The molecule has 1 atom stereocenters. The number of nitrogens with zero attached hydrogens (tertiary/aromatic N) is 2. The standard InChI is InChI=1S/C15H25N3/c1-3-15(16)13-5-7-14(8-6-13)18-10-4-9-17(2)11-12-18/h5-8,15H,3-4,9-12,16H2,1-2H3/t15-/m0/s1. The molecule has 2 rings (SSSR count). The molecule has 0 unspecified atom stereocenters. The van der Waals surface area contributed by atoms with Crippen molar-refractivity contribution in [3.05, 3.63) is 29.8 Å². The van der Waals surface area contributed by atoms with E-state index in [0.717, 1.165) is 26.1 Å². The first-order chi connectivity index (χ1) is 8.70. The van der Waals surface area contributed by atoms with E-state index in [1.54, 1.807) is 0 Å². The number of likely N-dealkylation sites (N-methyl/N-ethyl adjacent to an activating group) is 1. The molecule has 1 aliphatic rings. The van der Waals surface area contributed by atoms with E-state index < -0.39 is 0 Å². The van der Waals surface area contributed by atoms with Gasteiger partial charge in [-0.25, -0.2) is 0 Å². The summed E-state index contributed by atoms with van der Waals surface area (Å²) in [5.41, 5.74) is 8.62. The minimum absolute atomic E-state index is 0.175. The minimum Gasteiger partial charge on any atom is -0.370 e. The maximum absolute atomic E-state index is 6.05. The highest BCUT2D eigenvalue weighted by Gasteiger charge is 2.12. The summed E-state index contributed by atoms with van der Waals surface area (Å²) in [5, 5.41) is 0. The first-order valence-corrected chi connectivity index (χ1v) is 6.99. The smallest absolute Gasteiger partial charge is 0.0366 e. The lowest BCUT2D eigenvalue weighted by Gasteiger charge is -2.23. The number of nitrogens with two attached hydrogens (primary N) is 1. The number of hydrogen-bond acceptors (Lipinski definition) is 3. The molecule has 100 valence electrons. The number of benzene rings is 1. The summed E-state index contributed by atoms with van der Waals surface area (Å²) in [6.07, 6.45) is 2.24. The van der Waals surface area contributed by atoms with E-state index in [4.69, 9.17) is 5.73 Å². The van der Waals surface area contributed by atoms with Gasteiger partial charge in [0.05, 0.1) is 0 Å². The van der Waals surface area contributed by atoms with Crippen LogP contribution in [0.15, 0.2) is 24.3 Å². The fourth-order valence-corrected chi connectivity index (χ4v) is 2.47. The Morgan fingerprint density at radius 2 is 1.83 bits per heavy atom. The molecule has 3 nitrogen and oxygen atoms in total. The highest BCUT2D eigenvalue weighted by atomic mass is 15.2. The van der Waals surface area contributed by atoms with Gasteiger partial charge in [0.15, 0.2) is 0 Å². The van der Waals surface area contributed by atoms with Crippen LogP contribution < -0.4 is 10.6 Å². The lowest BCUT2D eigenvalue weighted by molar-refractivity contribution is 0.360. The zero-order chi connectivity index (χ0) is 13.0. The molecule has 1 fully saturated rings. The van der Waals surface area contributed by atoms with Gasteiger partial charge in [-0.15, -0.1) is 0 Å². The van der Waals surface area contributed by atoms with Crippen LogP contribution in [0, 0.1) is 0 Å². The zero-order valence-corrected chi connectivity index (χ0v) is 11.6. The van der Waals surface area contributed by atoms with Crippen LogP contribution in [0.2, 0.25) is 0 Å². The second kappa shape index (κ2) is 6.21. The van der Waals surface area contributed by atoms with Gasteiger partial charge in [0.2, 0.25) is 0 Å². The van der Waals surface area contributed by atoms with Crippen LogP contribution in [0.4, 0.5) is 5.69 Å². The van der Waals surface area contributed by atoms with Gasteiger partial charge in [0.25, 0.3) is 0 Å². The number of hydrogen-bond donors (Lipinski definition) is 1. The molecule has 1 aliphatic heterocycles. The fraction of sp³-hybridized carbons (Fsp3) is 0.600. The van der Waals surface area contributed by atoms with Gasteiger partial charge in [0, 0.05) is 31.4 Å². The molecule has 1 aromatic rings. The Bertz CT molecular complexity index is 361. The van der Waals surface area contributed by atoms with E-state index >= 15 is 0 Å². The zero-order valence-electron chi connectivity index (χ0n) is 11.6. The van der Waals surface area contributed by atoms with Crippen molar-refractivity contribution in [1.82, 2.24) is 4.90 Å². The molecule has 2 N–H and O–H groups in total. The van der Waals surface area contributed by atoms with Gasteiger partial charge in [0.1, 0.15) is 0 Å². The van der Waals surface area contributed by atoms with Crippen molar-refractivity contribution >= 4 is 5.69 Å². The quantitative estimate of drug-likeness (QED) is 0.889. The molecular weight excluding hydrogens is 222 g/mol. The molecule has 1 aromatic carbocycles. The number of anilines is 1. The van der Waals surface area contributed by atoms with E-state index in [9.17, 15) is 0 Å². The van der Waals surface area contributed by atoms with Crippen LogP contribution in [0.25, 0.3) is 0 Å². The van der Waals surface area contributed by atoms with E-state index in [0.29, 0.717) is 0 Å². The highest BCUT2D eigenvalue weighted by molar-refractivity contribution is 5.48. The van der Waals surface area contributed by atoms with Crippen molar-refractivity contribution in [2.24, 2.45) is 5.73 Å². The Balaban J connectivity index is 2.04. The summed E-state index contributed by atoms with van der Waals surface area (Å²) < 4.78 is 0. The predicted octanol–water partition coefficient (Wildman–Crippen LogP) is 2.24. The minimum atomic E-state index is 0.175. The van der Waals surface area contributed by atoms with Crippen molar-refractivity contribution in [1.29, 1.82) is 0 Å². The normalized spacial score (nSPS) is 19.6. The monoisotopic (exact) mass is 247 g/mol. The summed E-state index contributed by atoms with van der Waals surface area (Å²) in [4.78, 5) is 4.88. The average molecular weight is 247 g/mol. The van der Waals surface area contributed by atoms with Crippen molar-refractivity contribution in [2.45, 2.75) is 25.8 Å². The molecule has 0 radical (unpaired) electrons. The summed E-state index contributed by atoms with van der Waals surface area (Å²) in [6, 6.07) is 8.97. The molecule has 18 heavy (non-hydrogen) atoms. The second-order valence-electron chi connectivity index (χ2n) is 5.25. The SMILES string of the molecule is CC[C@H](N)c1ccc(N2CCCN(C)CC2)cc1. The summed E-state index contributed by atoms with van der Waals surface area (Å²) >= 11 is 0. The second-order valence-corrected chi connectivity index (χ2v) is 5.25. The summed E-state index contributed by atoms with van der Waals surface area (Å²) in [7, 11) is 2.20. The molecule has 0 saturated carbocycles. The highest BCUT2D eigenvalue weighted by Crippen LogP contribution is 2.20. The molecule has 0 aliphatic carbocycles. The Labute approximate surface area is 111 Å². The Kier molecular flexibility index (Phi) is 4.61. The van der Waals surface area contributed by atoms with E-state index in [2.05, 4.69) is 48.0 Å². The first-order valence-electron chi connectivity index (χ1n) is 6.99. The van der Waals surface area contributed by atoms with Gasteiger partial charge in [-0.1, -0.05) is 19.1 Å². The van der Waals surface area contributed by atoms with Gasteiger partial charge < -0.3 is 15.5 Å². The van der Waals surface area contributed by atoms with E-state index in [-0.39, 0.29) is 6.04 Å². The third-order valence-electron chi connectivity index (χ3n) is 3.85. The van der Waals surface area contributed by atoms with Gasteiger partial charge in [-0.05, 0) is 44.1 Å². The summed E-state index contributed by atoms with van der Waals surface area (Å²) in [5.74, 6) is 0. The van der Waals surface area contributed by atoms with Crippen molar-refractivity contribution in [2.75, 3.05) is 38.1 Å². The lowest BCUT2D eigenvalue weighted by Crippen LogP contribution is -2.28. The molecule has 0 aromatic heterocycles. The molecule has 0 amide bonds. The Morgan fingerprint density at radius 1 is 1.11 bits per heavy atom. The third kappa shape index (κ3) is 3.24. The van der Waals surface area contributed by atoms with Crippen molar-refractivity contribution in [3.8, 4) is 0 Å². The predicted molar refractivity (Wildman–Crippen MR) is 78.0 cm³/mol. The van der Waals surface area contributed by atoms with Crippen LogP contribution in [0.1, 0.15) is 31.4 Å². The van der Waals surface area contributed by atoms with Crippen LogP contribution >= 0.6 is 0 Å². The molecule has 1 saturated heterocycles. The average Bonchev–Trinajstić information content (AvgIpc) is 2.63. The fourth-order valence-electron chi connectivity index (χ4n) is 2.47. The maximum atomic E-state index is 6.05. The largest absolute Gasteiger partial charge is 0.370 e. The van der Waals surface area contributed by atoms with E-state index in [1.807, 2.05) is 0 Å².